The van der Waals surface area contributed by atoms with Crippen molar-refractivity contribution in [3.8, 4) is 0 Å². The summed E-state index contributed by atoms with van der Waals surface area (Å²) in [6.07, 6.45) is 3.32. The summed E-state index contributed by atoms with van der Waals surface area (Å²) in [5.41, 5.74) is 1.99. The van der Waals surface area contributed by atoms with Gasteiger partial charge < -0.3 is 9.84 Å². The zero-order valence-corrected chi connectivity index (χ0v) is 13.2. The Bertz CT molecular complexity index is 535. The first-order chi connectivity index (χ1) is 9.77. The molecule has 2 atom stereocenters. The van der Waals surface area contributed by atoms with Crippen LogP contribution in [-0.4, -0.2) is 22.8 Å². The van der Waals surface area contributed by atoms with Crippen molar-refractivity contribution in [3.05, 3.63) is 47.0 Å². The zero-order valence-electron chi connectivity index (χ0n) is 13.2. The van der Waals surface area contributed by atoms with E-state index >= 15 is 0 Å². The first-order valence-corrected chi connectivity index (χ1v) is 7.44. The molecule has 0 saturated heterocycles. The van der Waals surface area contributed by atoms with Gasteiger partial charge in [0.1, 0.15) is 6.10 Å². The average molecular weight is 288 g/mol. The molecular weight excluding hydrogens is 264 g/mol. The molecule has 0 radical (unpaired) electrons. The first kappa shape index (κ1) is 15.8. The van der Waals surface area contributed by atoms with E-state index in [-0.39, 0.29) is 18.0 Å². The van der Waals surface area contributed by atoms with Gasteiger partial charge in [0.25, 0.3) is 0 Å². The van der Waals surface area contributed by atoms with Crippen LogP contribution in [0.15, 0.2) is 35.9 Å². The minimum Gasteiger partial charge on any atom is -0.454 e. The summed E-state index contributed by atoms with van der Waals surface area (Å²) in [6, 6.07) is 7.37. The molecular formula is C18H24O3. The van der Waals surface area contributed by atoms with Gasteiger partial charge in [-0.15, -0.1) is 0 Å². The standard InChI is InChI=1S/C18H24O3/c1-12-5-8-14(9-6-12)17(19)21-16-11-15(18(3,4)20)10-7-13(16)2/h5-9,15-16,20H,10-11H2,1-4H3/t15-,16+/m1/s1. The fraction of sp³-hybridized carbons (Fsp3) is 0.500. The van der Waals surface area contributed by atoms with Crippen molar-refractivity contribution in [2.45, 2.75) is 52.2 Å². The average Bonchev–Trinajstić information content (AvgIpc) is 2.40. The number of benzene rings is 1. The molecule has 1 aliphatic carbocycles. The van der Waals surface area contributed by atoms with Crippen LogP contribution in [0.3, 0.4) is 0 Å². The lowest BCUT2D eigenvalue weighted by molar-refractivity contribution is -0.0159. The van der Waals surface area contributed by atoms with E-state index in [1.54, 1.807) is 12.1 Å². The van der Waals surface area contributed by atoms with E-state index in [0.717, 1.165) is 17.6 Å². The van der Waals surface area contributed by atoms with Gasteiger partial charge in [-0.3, -0.25) is 0 Å². The maximum atomic E-state index is 12.2. The van der Waals surface area contributed by atoms with Crippen LogP contribution in [-0.2, 0) is 4.74 Å². The van der Waals surface area contributed by atoms with Crippen LogP contribution in [0.4, 0.5) is 0 Å². The van der Waals surface area contributed by atoms with E-state index in [1.165, 1.54) is 0 Å². The summed E-state index contributed by atoms with van der Waals surface area (Å²) in [7, 11) is 0. The SMILES string of the molecule is CC1=CC[C@@H](C(C)(C)O)C[C@@H]1OC(=O)c1ccc(C)cc1. The Morgan fingerprint density at radius 1 is 1.24 bits per heavy atom. The minimum absolute atomic E-state index is 0.108. The van der Waals surface area contributed by atoms with Crippen LogP contribution in [0.5, 0.6) is 0 Å². The summed E-state index contributed by atoms with van der Waals surface area (Å²) in [4.78, 5) is 12.2. The highest BCUT2D eigenvalue weighted by Gasteiger charge is 2.33. The van der Waals surface area contributed by atoms with Crippen LogP contribution >= 0.6 is 0 Å². The topological polar surface area (TPSA) is 46.5 Å². The Hall–Kier alpha value is -1.61. The molecule has 0 heterocycles. The molecule has 2 rings (SSSR count). The molecule has 1 aromatic carbocycles. The first-order valence-electron chi connectivity index (χ1n) is 7.44. The van der Waals surface area contributed by atoms with E-state index in [9.17, 15) is 9.90 Å². The van der Waals surface area contributed by atoms with Gasteiger partial charge in [0, 0.05) is 0 Å². The Kier molecular flexibility index (Phi) is 4.52. The summed E-state index contributed by atoms with van der Waals surface area (Å²) in [5, 5.41) is 10.2. The van der Waals surface area contributed by atoms with E-state index in [0.29, 0.717) is 12.0 Å². The second-order valence-corrected chi connectivity index (χ2v) is 6.53. The molecule has 0 fully saturated rings. The van der Waals surface area contributed by atoms with Crippen LogP contribution in [0, 0.1) is 12.8 Å². The minimum atomic E-state index is -0.758. The van der Waals surface area contributed by atoms with Crippen molar-refractivity contribution in [1.29, 1.82) is 0 Å². The summed E-state index contributed by atoms with van der Waals surface area (Å²) >= 11 is 0. The van der Waals surface area contributed by atoms with Crippen molar-refractivity contribution >= 4 is 5.97 Å². The smallest absolute Gasteiger partial charge is 0.338 e. The Labute approximate surface area is 126 Å². The molecule has 0 aliphatic heterocycles. The Morgan fingerprint density at radius 2 is 1.86 bits per heavy atom. The quantitative estimate of drug-likeness (QED) is 0.682. The van der Waals surface area contributed by atoms with Gasteiger partial charge in [-0.1, -0.05) is 23.8 Å². The number of carbonyl (C=O) groups excluding carboxylic acids is 1. The van der Waals surface area contributed by atoms with Gasteiger partial charge in [0.15, 0.2) is 0 Å². The second kappa shape index (κ2) is 6.02. The van der Waals surface area contributed by atoms with Gasteiger partial charge in [-0.05, 0) is 64.2 Å². The van der Waals surface area contributed by atoms with Gasteiger partial charge in [0.2, 0.25) is 0 Å². The van der Waals surface area contributed by atoms with Crippen LogP contribution in [0.1, 0.15) is 49.5 Å². The van der Waals surface area contributed by atoms with Crippen molar-refractivity contribution in [2.75, 3.05) is 0 Å². The zero-order chi connectivity index (χ0) is 15.6. The molecule has 0 aromatic heterocycles. The molecule has 114 valence electrons. The predicted octanol–water partition coefficient (Wildman–Crippen LogP) is 3.65. The number of hydrogen-bond donors (Lipinski definition) is 1. The van der Waals surface area contributed by atoms with Gasteiger partial charge in [-0.2, -0.15) is 0 Å². The van der Waals surface area contributed by atoms with Crippen molar-refractivity contribution < 1.29 is 14.6 Å². The van der Waals surface area contributed by atoms with Crippen LogP contribution in [0.25, 0.3) is 0 Å². The van der Waals surface area contributed by atoms with E-state index in [4.69, 9.17) is 4.74 Å². The maximum absolute atomic E-state index is 12.2. The van der Waals surface area contributed by atoms with Crippen molar-refractivity contribution in [2.24, 2.45) is 5.92 Å². The maximum Gasteiger partial charge on any atom is 0.338 e. The molecule has 1 N–H and O–H groups in total. The number of allylic oxidation sites excluding steroid dienone is 1. The highest BCUT2D eigenvalue weighted by atomic mass is 16.5. The molecule has 1 aromatic rings. The molecule has 21 heavy (non-hydrogen) atoms. The number of aryl methyl sites for hydroxylation is 1. The molecule has 3 nitrogen and oxygen atoms in total. The summed E-state index contributed by atoms with van der Waals surface area (Å²) < 4.78 is 5.64. The number of hydrogen-bond acceptors (Lipinski definition) is 3. The molecule has 0 bridgehead atoms. The summed E-state index contributed by atoms with van der Waals surface area (Å²) in [6.45, 7) is 7.58. The fourth-order valence-electron chi connectivity index (χ4n) is 2.60. The van der Waals surface area contributed by atoms with Gasteiger partial charge >= 0.3 is 5.97 Å². The van der Waals surface area contributed by atoms with Crippen LogP contribution < -0.4 is 0 Å². The lowest BCUT2D eigenvalue weighted by Gasteiger charge is -2.35. The molecule has 1 aliphatic rings. The lowest BCUT2D eigenvalue weighted by atomic mass is 9.78. The molecule has 0 spiro atoms. The van der Waals surface area contributed by atoms with E-state index < -0.39 is 5.60 Å². The highest BCUT2D eigenvalue weighted by Crippen LogP contribution is 2.33. The number of rotatable bonds is 3. The number of aliphatic hydroxyl groups is 1. The van der Waals surface area contributed by atoms with Crippen molar-refractivity contribution in [1.82, 2.24) is 0 Å². The predicted molar refractivity (Wildman–Crippen MR) is 83.2 cm³/mol. The molecule has 0 amide bonds. The molecule has 0 saturated carbocycles. The second-order valence-electron chi connectivity index (χ2n) is 6.53. The number of ether oxygens (including phenoxy) is 1. The van der Waals surface area contributed by atoms with Crippen LogP contribution in [0.2, 0.25) is 0 Å². The normalized spacial score (nSPS) is 22.6. The number of carbonyl (C=O) groups is 1. The lowest BCUT2D eigenvalue weighted by Crippen LogP contribution is -2.37. The van der Waals surface area contributed by atoms with E-state index in [2.05, 4.69) is 6.08 Å². The van der Waals surface area contributed by atoms with Gasteiger partial charge in [-0.25, -0.2) is 4.79 Å². The summed E-state index contributed by atoms with van der Waals surface area (Å²) in [5.74, 6) is -0.193. The largest absolute Gasteiger partial charge is 0.454 e. The fourth-order valence-corrected chi connectivity index (χ4v) is 2.60. The molecule has 3 heteroatoms. The third kappa shape index (κ3) is 3.94. The third-order valence-corrected chi connectivity index (χ3v) is 4.27. The third-order valence-electron chi connectivity index (χ3n) is 4.27. The highest BCUT2D eigenvalue weighted by molar-refractivity contribution is 5.89. The Balaban J connectivity index is 2.07. The van der Waals surface area contributed by atoms with Gasteiger partial charge in [0.05, 0.1) is 11.2 Å². The van der Waals surface area contributed by atoms with E-state index in [1.807, 2.05) is 39.8 Å². The Morgan fingerprint density at radius 3 is 2.43 bits per heavy atom. The monoisotopic (exact) mass is 288 g/mol. The molecule has 0 unspecified atom stereocenters. The van der Waals surface area contributed by atoms with Crippen molar-refractivity contribution in [3.63, 3.8) is 0 Å². The number of esters is 1.